The summed E-state index contributed by atoms with van der Waals surface area (Å²) in [5, 5.41) is 4.03. The van der Waals surface area contributed by atoms with Gasteiger partial charge in [-0.15, -0.1) is 6.07 Å². The van der Waals surface area contributed by atoms with Gasteiger partial charge >= 0.3 is 17.1 Å². The van der Waals surface area contributed by atoms with E-state index in [9.17, 15) is 8.42 Å². The predicted octanol–water partition coefficient (Wildman–Crippen LogP) is -0.517. The molecule has 0 unspecified atom stereocenters. The molecule has 0 aliphatic carbocycles. The number of rotatable bonds is 1. The van der Waals surface area contributed by atoms with Gasteiger partial charge in [0.25, 0.3) is 10.1 Å². The van der Waals surface area contributed by atoms with E-state index in [1.165, 1.54) is 18.2 Å². The normalized spacial score (nSPS) is 9.94. The van der Waals surface area contributed by atoms with Crippen LogP contribution < -0.4 is 10.9 Å². The fraction of sp³-hybridized carbons (Fsp3) is 0. The van der Waals surface area contributed by atoms with E-state index in [-0.39, 0.29) is 27.7 Å². The third-order valence-electron chi connectivity index (χ3n) is 1.13. The molecule has 0 aliphatic heterocycles. The Labute approximate surface area is 105 Å². The molecule has 0 heterocycles. The van der Waals surface area contributed by atoms with Crippen molar-refractivity contribution in [3.8, 4) is 0 Å². The van der Waals surface area contributed by atoms with Crippen LogP contribution in [0, 0.1) is 6.07 Å². The van der Waals surface area contributed by atoms with Gasteiger partial charge < -0.3 is 19.3 Å². The van der Waals surface area contributed by atoms with Crippen LogP contribution in [0.1, 0.15) is 0 Å². The average molecular weight is 316 g/mol. The second-order valence-electron chi connectivity index (χ2n) is 2.20. The van der Waals surface area contributed by atoms with Crippen LogP contribution in [0.15, 0.2) is 23.1 Å². The molecule has 0 fully saturated rings. The first-order valence-corrected chi connectivity index (χ1v) is 5.89. The van der Waals surface area contributed by atoms with Crippen LogP contribution in [-0.4, -0.2) is 13.0 Å². The molecule has 10 heteroatoms. The van der Waals surface area contributed by atoms with Crippen molar-refractivity contribution in [2.24, 2.45) is 5.14 Å². The molecule has 1 radical (unpaired) electrons. The maximum absolute atomic E-state index is 10.5. The van der Waals surface area contributed by atoms with Gasteiger partial charge in [-0.25, -0.2) is 0 Å². The first-order chi connectivity index (χ1) is 6.75. The average Bonchev–Trinajstić information content (AvgIpc) is 2.01. The molecule has 1 aromatic carbocycles. The first-order valence-electron chi connectivity index (χ1n) is 3.32. The molecular formula is C6H8CuN2O5S2. The molecule has 5 N–H and O–H groups in total. The summed E-state index contributed by atoms with van der Waals surface area (Å²) in [5.74, 6) is 0. The number of nitrogens with two attached hydrogens (primary N) is 2. The third-order valence-corrected chi connectivity index (χ3v) is 2.06. The zero-order valence-electron chi connectivity index (χ0n) is 7.58. The number of anilines is 1. The Bertz CT molecular complexity index is 491. The van der Waals surface area contributed by atoms with Crippen molar-refractivity contribution in [3.63, 3.8) is 0 Å². The van der Waals surface area contributed by atoms with Crippen molar-refractivity contribution in [2.45, 2.75) is 4.90 Å². The Kier molecular flexibility index (Phi) is 8.43. The monoisotopic (exact) mass is 315 g/mol. The number of hydrogen-bond donors (Lipinski definition) is 3. The van der Waals surface area contributed by atoms with Crippen molar-refractivity contribution in [3.05, 3.63) is 24.3 Å². The first kappa shape index (κ1) is 17.7. The van der Waals surface area contributed by atoms with Crippen LogP contribution in [0.25, 0.3) is 0 Å². The molecule has 95 valence electrons. The Morgan fingerprint density at radius 3 is 2.06 bits per heavy atom. The minimum atomic E-state index is -4.18. The molecule has 0 saturated heterocycles. The molecule has 0 amide bonds. The van der Waals surface area contributed by atoms with Crippen molar-refractivity contribution >= 4 is 26.7 Å². The van der Waals surface area contributed by atoms with Crippen molar-refractivity contribution in [1.29, 1.82) is 0 Å². The van der Waals surface area contributed by atoms with Crippen LogP contribution in [0.4, 0.5) is 5.69 Å². The quantitative estimate of drug-likeness (QED) is 0.209. The van der Waals surface area contributed by atoms with Gasteiger partial charge in [-0.1, -0.05) is 5.69 Å². The molecule has 0 aliphatic rings. The van der Waals surface area contributed by atoms with Gasteiger partial charge in [0, 0.05) is 4.90 Å². The number of benzene rings is 1. The van der Waals surface area contributed by atoms with E-state index in [1.807, 2.05) is 0 Å². The van der Waals surface area contributed by atoms with E-state index in [0.717, 1.165) is 0 Å². The smallest absolute Gasteiger partial charge is 0.448 e. The van der Waals surface area contributed by atoms with Crippen molar-refractivity contribution in [2.75, 3.05) is 5.73 Å². The summed E-state index contributed by atoms with van der Waals surface area (Å²) in [6.45, 7) is 0. The summed E-state index contributed by atoms with van der Waals surface area (Å²) in [7, 11) is -6.54. The Balaban J connectivity index is 0. The molecule has 0 bridgehead atoms. The van der Waals surface area contributed by atoms with Crippen LogP contribution >= 0.6 is 0 Å². The number of nitrogen functional groups attached to an aromatic ring is 1. The zero-order chi connectivity index (χ0) is 12.1. The molecular weight excluding hydrogens is 308 g/mol. The van der Waals surface area contributed by atoms with Crippen LogP contribution in [0.5, 0.6) is 0 Å². The molecule has 1 rings (SSSR count). The van der Waals surface area contributed by atoms with Crippen molar-refractivity contribution < 1.29 is 38.5 Å². The van der Waals surface area contributed by atoms with E-state index in [2.05, 4.69) is 11.2 Å². The molecule has 0 aromatic heterocycles. The molecule has 0 spiro atoms. The van der Waals surface area contributed by atoms with E-state index in [4.69, 9.17) is 18.7 Å². The fourth-order valence-corrected chi connectivity index (χ4v) is 1.26. The van der Waals surface area contributed by atoms with Crippen LogP contribution in [-0.2, 0) is 46.5 Å². The van der Waals surface area contributed by atoms with E-state index in [0.29, 0.717) is 0 Å². The Hall–Kier alpha value is -0.641. The molecule has 16 heavy (non-hydrogen) atoms. The molecule has 7 nitrogen and oxygen atoms in total. The minimum Gasteiger partial charge on any atom is -0.448 e. The predicted molar refractivity (Wildman–Crippen MR) is 52.4 cm³/mol. The Morgan fingerprint density at radius 2 is 1.81 bits per heavy atom. The van der Waals surface area contributed by atoms with E-state index in [1.54, 1.807) is 0 Å². The summed E-state index contributed by atoms with van der Waals surface area (Å²) in [6, 6.07) is 6.40. The zero-order valence-corrected chi connectivity index (χ0v) is 10.2. The summed E-state index contributed by atoms with van der Waals surface area (Å²) < 4.78 is 47.1. The van der Waals surface area contributed by atoms with E-state index < -0.39 is 21.0 Å². The van der Waals surface area contributed by atoms with Gasteiger partial charge in [-0.2, -0.15) is 26.6 Å². The summed E-state index contributed by atoms with van der Waals surface area (Å²) >= 11 is 0. The van der Waals surface area contributed by atoms with Gasteiger partial charge in [0.1, 0.15) is 0 Å². The summed E-state index contributed by atoms with van der Waals surface area (Å²) in [5.41, 5.74) is 5.23. The van der Waals surface area contributed by atoms with Gasteiger partial charge in [0.15, 0.2) is 0 Å². The van der Waals surface area contributed by atoms with Crippen LogP contribution in [0.2, 0.25) is 0 Å². The maximum Gasteiger partial charge on any atom is 2.00 e. The van der Waals surface area contributed by atoms with Gasteiger partial charge in [-0.3, -0.25) is 4.55 Å². The SMILES string of the molecule is N[S-](=O)=O.Nc1c[c-]ccc1S(=O)(=O)O.[Cu+2]. The molecule has 1 aromatic rings. The third kappa shape index (κ3) is 7.63. The summed E-state index contributed by atoms with van der Waals surface area (Å²) in [6.07, 6.45) is 0. The van der Waals surface area contributed by atoms with Gasteiger partial charge in [-0.05, 0) is 10.9 Å². The topological polar surface area (TPSA) is 141 Å². The molecule has 0 atom stereocenters. The van der Waals surface area contributed by atoms with Crippen LogP contribution in [0.3, 0.4) is 0 Å². The van der Waals surface area contributed by atoms with Gasteiger partial charge in [0.2, 0.25) is 0 Å². The standard InChI is InChI=1S/C6H6NO3S.Cu.H2NO2S/c7-5-3-1-2-4-6(5)11(8,9)10;;1-4(2)3/h2-4H,7H2,(H,8,9,10);;(H2,1,2,3)/q-1;+2;-1. The Morgan fingerprint density at radius 1 is 1.38 bits per heavy atom. The second kappa shape index (κ2) is 7.60. The number of hydrogen-bond acceptors (Lipinski definition) is 6. The van der Waals surface area contributed by atoms with Crippen molar-refractivity contribution in [1.82, 2.24) is 0 Å². The fourth-order valence-electron chi connectivity index (χ4n) is 0.664. The van der Waals surface area contributed by atoms with E-state index >= 15 is 0 Å². The molecule has 0 saturated carbocycles. The second-order valence-corrected chi connectivity index (χ2v) is 4.11. The summed E-state index contributed by atoms with van der Waals surface area (Å²) in [4.78, 5) is -0.281. The minimum absolute atomic E-state index is 0. The maximum atomic E-state index is 10.5. The largest absolute Gasteiger partial charge is 2.00 e. The van der Waals surface area contributed by atoms with Gasteiger partial charge in [0.05, 0.1) is 0 Å².